The zero-order chi connectivity index (χ0) is 12.8. The number of rotatable bonds is 4. The average molecular weight is 236 g/mol. The van der Waals surface area contributed by atoms with Gasteiger partial charge in [0.1, 0.15) is 0 Å². The molecule has 0 spiro atoms. The number of aliphatic hydroxyl groups is 1. The Morgan fingerprint density at radius 3 is 2.76 bits per heavy atom. The van der Waals surface area contributed by atoms with E-state index in [4.69, 9.17) is 4.74 Å². The highest BCUT2D eigenvalue weighted by atomic mass is 16.6. The lowest BCUT2D eigenvalue weighted by Gasteiger charge is -2.23. The van der Waals surface area contributed by atoms with E-state index in [2.05, 4.69) is 32.9 Å². The van der Waals surface area contributed by atoms with Crippen LogP contribution in [0.2, 0.25) is 0 Å². The van der Waals surface area contributed by atoms with Gasteiger partial charge in [-0.15, -0.1) is 0 Å². The van der Waals surface area contributed by atoms with Crippen molar-refractivity contribution in [3.05, 3.63) is 34.9 Å². The van der Waals surface area contributed by atoms with Crippen LogP contribution in [-0.2, 0) is 4.74 Å². The van der Waals surface area contributed by atoms with E-state index in [0.29, 0.717) is 0 Å². The Labute approximate surface area is 105 Å². The van der Waals surface area contributed by atoms with Crippen LogP contribution in [-0.4, -0.2) is 17.5 Å². The summed E-state index contributed by atoms with van der Waals surface area (Å²) in [6.45, 7) is 8.40. The second kappa shape index (κ2) is 6.77. The summed E-state index contributed by atoms with van der Waals surface area (Å²) in [5, 5.41) is 9.47. The Hall–Kier alpha value is -0.860. The second-order valence-corrected chi connectivity index (χ2v) is 5.12. The lowest BCUT2D eigenvalue weighted by atomic mass is 10.0. The third-order valence-corrected chi connectivity index (χ3v) is 2.83. The number of allylic oxidation sites excluding steroid dienone is 3. The molecule has 0 fully saturated rings. The molecule has 2 nitrogen and oxygen atoms in total. The van der Waals surface area contributed by atoms with Crippen LogP contribution < -0.4 is 0 Å². The molecule has 0 radical (unpaired) electrons. The Morgan fingerprint density at radius 2 is 2.18 bits per heavy atom. The Morgan fingerprint density at radius 1 is 1.47 bits per heavy atom. The van der Waals surface area contributed by atoms with Gasteiger partial charge in [0.15, 0.2) is 6.29 Å². The van der Waals surface area contributed by atoms with Crippen LogP contribution in [0.15, 0.2) is 34.9 Å². The molecular formula is C15H24O2. The first-order valence-corrected chi connectivity index (χ1v) is 6.29. The van der Waals surface area contributed by atoms with E-state index in [0.717, 1.165) is 19.3 Å². The Bertz CT molecular complexity index is 333. The zero-order valence-electron chi connectivity index (χ0n) is 11.4. The van der Waals surface area contributed by atoms with Crippen molar-refractivity contribution in [1.82, 2.24) is 0 Å². The van der Waals surface area contributed by atoms with Crippen molar-refractivity contribution in [2.75, 3.05) is 0 Å². The van der Waals surface area contributed by atoms with Crippen molar-refractivity contribution < 1.29 is 9.84 Å². The molecule has 0 amide bonds. The summed E-state index contributed by atoms with van der Waals surface area (Å²) < 4.78 is 5.44. The molecule has 1 N–H and O–H groups in total. The molecule has 0 aromatic heterocycles. The van der Waals surface area contributed by atoms with Crippen molar-refractivity contribution in [1.29, 1.82) is 0 Å². The topological polar surface area (TPSA) is 29.5 Å². The summed E-state index contributed by atoms with van der Waals surface area (Å²) >= 11 is 0. The average Bonchev–Trinajstić information content (AvgIpc) is 2.14. The Balaban J connectivity index is 2.46. The zero-order valence-corrected chi connectivity index (χ0v) is 11.4. The third kappa shape index (κ3) is 5.85. The molecule has 0 saturated heterocycles. The summed E-state index contributed by atoms with van der Waals surface area (Å²) in [7, 11) is 0. The molecule has 0 bridgehead atoms. The largest absolute Gasteiger partial charge is 0.365 e. The quantitative estimate of drug-likeness (QED) is 0.754. The van der Waals surface area contributed by atoms with Crippen LogP contribution in [0.4, 0.5) is 0 Å². The van der Waals surface area contributed by atoms with Gasteiger partial charge in [0, 0.05) is 0 Å². The monoisotopic (exact) mass is 236 g/mol. The highest BCUT2D eigenvalue weighted by Crippen LogP contribution is 2.20. The first kappa shape index (κ1) is 14.2. The standard InChI is InChI=1S/C15H24O2/c1-11(2)6-5-7-12(3)8-14-9-13(4)10-15(16)17-14/h6,8,10,14-16H,5,7,9H2,1-4H3/b12-8+. The SMILES string of the molecule is CC(C)=CCC/C(C)=C/C1CC(C)=CC(O)O1. The number of hydrogen-bond acceptors (Lipinski definition) is 2. The molecule has 1 aliphatic rings. The van der Waals surface area contributed by atoms with Crippen LogP contribution in [0, 0.1) is 0 Å². The van der Waals surface area contributed by atoms with Gasteiger partial charge in [-0.05, 0) is 53.0 Å². The maximum Gasteiger partial charge on any atom is 0.175 e. The minimum atomic E-state index is -0.740. The summed E-state index contributed by atoms with van der Waals surface area (Å²) in [6, 6.07) is 0. The van der Waals surface area contributed by atoms with E-state index in [1.54, 1.807) is 6.08 Å². The first-order chi connectivity index (χ1) is 7.97. The molecule has 17 heavy (non-hydrogen) atoms. The minimum absolute atomic E-state index is 0.0294. The van der Waals surface area contributed by atoms with Crippen molar-refractivity contribution >= 4 is 0 Å². The molecule has 96 valence electrons. The number of hydrogen-bond donors (Lipinski definition) is 1. The van der Waals surface area contributed by atoms with E-state index >= 15 is 0 Å². The summed E-state index contributed by atoms with van der Waals surface area (Å²) in [4.78, 5) is 0. The van der Waals surface area contributed by atoms with E-state index < -0.39 is 6.29 Å². The highest BCUT2D eigenvalue weighted by molar-refractivity contribution is 5.12. The van der Waals surface area contributed by atoms with E-state index in [9.17, 15) is 5.11 Å². The predicted octanol–water partition coefficient (Wildman–Crippen LogP) is 3.73. The van der Waals surface area contributed by atoms with Crippen molar-refractivity contribution in [2.45, 2.75) is 59.4 Å². The maximum absolute atomic E-state index is 9.47. The molecule has 1 heterocycles. The summed E-state index contributed by atoms with van der Waals surface area (Å²) in [5.41, 5.74) is 3.89. The molecule has 0 aliphatic carbocycles. The predicted molar refractivity (Wildman–Crippen MR) is 71.7 cm³/mol. The summed E-state index contributed by atoms with van der Waals surface area (Å²) in [6.07, 6.45) is 8.47. The molecule has 2 heteroatoms. The van der Waals surface area contributed by atoms with Gasteiger partial charge in [-0.3, -0.25) is 0 Å². The molecule has 0 aromatic rings. The molecule has 1 aliphatic heterocycles. The Kier molecular flexibility index (Phi) is 5.66. The molecule has 0 saturated carbocycles. The molecular weight excluding hydrogens is 212 g/mol. The third-order valence-electron chi connectivity index (χ3n) is 2.83. The van der Waals surface area contributed by atoms with Gasteiger partial charge in [-0.2, -0.15) is 0 Å². The second-order valence-electron chi connectivity index (χ2n) is 5.12. The van der Waals surface area contributed by atoms with Crippen molar-refractivity contribution in [2.24, 2.45) is 0 Å². The van der Waals surface area contributed by atoms with Crippen LogP contribution in [0.25, 0.3) is 0 Å². The highest BCUT2D eigenvalue weighted by Gasteiger charge is 2.17. The van der Waals surface area contributed by atoms with Crippen LogP contribution >= 0.6 is 0 Å². The lowest BCUT2D eigenvalue weighted by molar-refractivity contribution is -0.0969. The van der Waals surface area contributed by atoms with E-state index in [1.165, 1.54) is 16.7 Å². The van der Waals surface area contributed by atoms with Gasteiger partial charge < -0.3 is 9.84 Å². The fourth-order valence-electron chi connectivity index (χ4n) is 1.98. The van der Waals surface area contributed by atoms with E-state index in [-0.39, 0.29) is 6.10 Å². The van der Waals surface area contributed by atoms with Gasteiger partial charge >= 0.3 is 0 Å². The van der Waals surface area contributed by atoms with Gasteiger partial charge in [0.05, 0.1) is 6.10 Å². The fraction of sp³-hybridized carbons (Fsp3) is 0.600. The fourth-order valence-corrected chi connectivity index (χ4v) is 1.98. The summed E-state index contributed by atoms with van der Waals surface area (Å²) in [5.74, 6) is 0. The van der Waals surface area contributed by atoms with Gasteiger partial charge in [-0.1, -0.05) is 28.9 Å². The lowest BCUT2D eigenvalue weighted by Crippen LogP contribution is -2.24. The molecule has 1 rings (SSSR count). The van der Waals surface area contributed by atoms with Crippen LogP contribution in [0.1, 0.15) is 47.0 Å². The van der Waals surface area contributed by atoms with Crippen molar-refractivity contribution in [3.63, 3.8) is 0 Å². The molecule has 0 aromatic carbocycles. The van der Waals surface area contributed by atoms with Crippen LogP contribution in [0.3, 0.4) is 0 Å². The van der Waals surface area contributed by atoms with Crippen molar-refractivity contribution in [3.8, 4) is 0 Å². The normalized spacial score (nSPS) is 25.5. The number of aliphatic hydroxyl groups excluding tert-OH is 1. The van der Waals surface area contributed by atoms with Gasteiger partial charge in [0.2, 0.25) is 0 Å². The maximum atomic E-state index is 9.47. The minimum Gasteiger partial charge on any atom is -0.365 e. The number of ether oxygens (including phenoxy) is 1. The van der Waals surface area contributed by atoms with Crippen LogP contribution in [0.5, 0.6) is 0 Å². The first-order valence-electron chi connectivity index (χ1n) is 6.29. The smallest absolute Gasteiger partial charge is 0.175 e. The molecule has 2 atom stereocenters. The molecule has 2 unspecified atom stereocenters. The van der Waals surface area contributed by atoms with E-state index in [1.807, 2.05) is 6.92 Å². The van der Waals surface area contributed by atoms with Gasteiger partial charge in [-0.25, -0.2) is 0 Å². The van der Waals surface area contributed by atoms with Gasteiger partial charge in [0.25, 0.3) is 0 Å².